The van der Waals surface area contributed by atoms with E-state index < -0.39 is 5.60 Å². The third-order valence-electron chi connectivity index (χ3n) is 7.29. The van der Waals surface area contributed by atoms with Gasteiger partial charge < -0.3 is 23.9 Å². The van der Waals surface area contributed by atoms with Crippen LogP contribution in [0.4, 0.5) is 0 Å². The summed E-state index contributed by atoms with van der Waals surface area (Å²) >= 11 is 0. The van der Waals surface area contributed by atoms with Crippen molar-refractivity contribution in [2.75, 3.05) is 14.2 Å². The number of fused-ring (bicyclic) bond motifs is 3. The second-order valence-electron chi connectivity index (χ2n) is 9.50. The molecule has 184 valence electrons. The van der Waals surface area contributed by atoms with E-state index in [1.165, 1.54) is 12.8 Å². The van der Waals surface area contributed by atoms with Crippen LogP contribution in [0.2, 0.25) is 0 Å². The van der Waals surface area contributed by atoms with Crippen molar-refractivity contribution in [3.8, 4) is 17.2 Å². The van der Waals surface area contributed by atoms with Crippen molar-refractivity contribution in [1.82, 2.24) is 5.32 Å². The molecular weight excluding hydrogens is 446 g/mol. The van der Waals surface area contributed by atoms with Crippen LogP contribution in [0.3, 0.4) is 0 Å². The summed E-state index contributed by atoms with van der Waals surface area (Å²) in [4.78, 5) is 26.5. The van der Waals surface area contributed by atoms with Crippen LogP contribution in [-0.2, 0) is 6.54 Å². The number of Topliss-reactive ketones (excluding diaryl/α,β-unsaturated/α-hetero) is 1. The van der Waals surface area contributed by atoms with Gasteiger partial charge in [0.2, 0.25) is 0 Å². The van der Waals surface area contributed by atoms with Crippen molar-refractivity contribution < 1.29 is 28.2 Å². The number of para-hydroxylation sites is 1. The number of ether oxygens (including phenoxy) is 3. The van der Waals surface area contributed by atoms with Gasteiger partial charge in [-0.25, -0.2) is 0 Å². The Kier molecular flexibility index (Phi) is 6.17. The van der Waals surface area contributed by atoms with E-state index in [9.17, 15) is 9.59 Å². The third-order valence-corrected chi connectivity index (χ3v) is 7.29. The summed E-state index contributed by atoms with van der Waals surface area (Å²) in [5, 5.41) is 3.57. The van der Waals surface area contributed by atoms with Gasteiger partial charge in [-0.05, 0) is 50.8 Å². The summed E-state index contributed by atoms with van der Waals surface area (Å²) in [6, 6.07) is 9.12. The molecule has 1 aliphatic heterocycles. The summed E-state index contributed by atoms with van der Waals surface area (Å²) in [7, 11) is 3.13. The van der Waals surface area contributed by atoms with Crippen LogP contribution in [0.5, 0.6) is 17.2 Å². The number of methoxy groups -OCH3 is 2. The molecule has 0 radical (unpaired) electrons. The number of hydrogen-bond donors (Lipinski definition) is 1. The molecule has 0 saturated heterocycles. The van der Waals surface area contributed by atoms with Gasteiger partial charge in [0.05, 0.1) is 26.2 Å². The molecule has 7 nitrogen and oxygen atoms in total. The Morgan fingerprint density at radius 2 is 1.83 bits per heavy atom. The van der Waals surface area contributed by atoms with Crippen LogP contribution in [0.1, 0.15) is 77.0 Å². The van der Waals surface area contributed by atoms with Crippen LogP contribution >= 0.6 is 0 Å². The molecule has 3 aromatic rings. The first-order valence-electron chi connectivity index (χ1n) is 12.2. The summed E-state index contributed by atoms with van der Waals surface area (Å²) in [5.41, 5.74) is 2.07. The van der Waals surface area contributed by atoms with E-state index in [1.54, 1.807) is 26.4 Å². The van der Waals surface area contributed by atoms with Crippen LogP contribution < -0.4 is 19.5 Å². The van der Waals surface area contributed by atoms with Gasteiger partial charge in [0, 0.05) is 23.1 Å². The lowest BCUT2D eigenvalue weighted by molar-refractivity contribution is 0.0301. The molecule has 1 N–H and O–H groups in total. The van der Waals surface area contributed by atoms with Gasteiger partial charge in [0.1, 0.15) is 16.9 Å². The molecule has 1 aliphatic carbocycles. The Bertz CT molecular complexity index is 1280. The maximum Gasteiger partial charge on any atom is 0.287 e. The lowest BCUT2D eigenvalue weighted by Gasteiger charge is -2.37. The predicted octanol–water partition coefficient (Wildman–Crippen LogP) is 5.75. The minimum atomic E-state index is -0.401. The van der Waals surface area contributed by atoms with E-state index in [0.29, 0.717) is 45.8 Å². The monoisotopic (exact) mass is 477 g/mol. The minimum absolute atomic E-state index is 0.0655. The standard InChI is InChI=1S/C28H31NO6/c1-17-23-20(11-12-21-24(23)19(30)15-28(35-21)13-6-4-5-7-14-28)34-25(17)27(31)29-16-18-9-8-10-22(32-2)26(18)33-3/h8-12H,4-7,13-16H2,1-3H3,(H,29,31). The molecule has 1 saturated carbocycles. The number of carbonyl (C=O) groups is 2. The number of furan rings is 1. The molecule has 2 aliphatic rings. The first kappa shape index (κ1) is 23.3. The van der Waals surface area contributed by atoms with E-state index in [4.69, 9.17) is 18.6 Å². The highest BCUT2D eigenvalue weighted by molar-refractivity contribution is 6.13. The molecule has 5 rings (SSSR count). The van der Waals surface area contributed by atoms with Gasteiger partial charge in [0.15, 0.2) is 23.0 Å². The van der Waals surface area contributed by atoms with E-state index in [2.05, 4.69) is 5.32 Å². The number of nitrogens with one attached hydrogen (secondary N) is 1. The minimum Gasteiger partial charge on any atom is -0.493 e. The highest BCUT2D eigenvalue weighted by atomic mass is 16.5. The van der Waals surface area contributed by atoms with Gasteiger partial charge in [-0.2, -0.15) is 0 Å². The molecule has 2 heterocycles. The number of ketones is 1. The Morgan fingerprint density at radius 3 is 2.54 bits per heavy atom. The van der Waals surface area contributed by atoms with Gasteiger partial charge in [-0.3, -0.25) is 9.59 Å². The van der Waals surface area contributed by atoms with Crippen molar-refractivity contribution in [1.29, 1.82) is 0 Å². The fourth-order valence-corrected chi connectivity index (χ4v) is 5.55. The van der Waals surface area contributed by atoms with Crippen molar-refractivity contribution in [3.05, 3.63) is 52.8 Å². The SMILES string of the molecule is COc1cccc(CNC(=O)c2oc3ccc4c(c3c2C)C(=O)CC2(CCCCCC2)O4)c1OC. The zero-order valence-electron chi connectivity index (χ0n) is 20.5. The molecule has 1 amide bonds. The number of benzene rings is 2. The van der Waals surface area contributed by atoms with Crippen molar-refractivity contribution in [3.63, 3.8) is 0 Å². The van der Waals surface area contributed by atoms with Crippen LogP contribution in [0.25, 0.3) is 11.0 Å². The summed E-state index contributed by atoms with van der Waals surface area (Å²) in [5.74, 6) is 1.67. The van der Waals surface area contributed by atoms with Crippen molar-refractivity contribution in [2.24, 2.45) is 0 Å². The van der Waals surface area contributed by atoms with Gasteiger partial charge in [-0.15, -0.1) is 0 Å². The zero-order valence-corrected chi connectivity index (χ0v) is 20.5. The third kappa shape index (κ3) is 4.13. The van der Waals surface area contributed by atoms with E-state index >= 15 is 0 Å². The molecule has 0 atom stereocenters. The molecule has 1 spiro atoms. The summed E-state index contributed by atoms with van der Waals surface area (Å²) in [6.45, 7) is 2.05. The maximum absolute atomic E-state index is 13.4. The number of hydrogen-bond acceptors (Lipinski definition) is 6. The zero-order chi connectivity index (χ0) is 24.6. The van der Waals surface area contributed by atoms with Gasteiger partial charge in [-0.1, -0.05) is 25.0 Å². The average molecular weight is 478 g/mol. The van der Waals surface area contributed by atoms with Crippen molar-refractivity contribution in [2.45, 2.75) is 64.0 Å². The molecule has 2 aromatic carbocycles. The Morgan fingerprint density at radius 1 is 1.06 bits per heavy atom. The quantitative estimate of drug-likeness (QED) is 0.504. The van der Waals surface area contributed by atoms with Gasteiger partial charge >= 0.3 is 0 Å². The maximum atomic E-state index is 13.4. The fraction of sp³-hybridized carbons (Fsp3) is 0.429. The first-order chi connectivity index (χ1) is 17.0. The second kappa shape index (κ2) is 9.29. The number of carbonyl (C=O) groups excluding carboxylic acids is 2. The molecular formula is C28H31NO6. The highest BCUT2D eigenvalue weighted by Crippen LogP contribution is 2.45. The Hall–Kier alpha value is -3.48. The molecule has 1 aromatic heterocycles. The molecule has 1 fully saturated rings. The van der Waals surface area contributed by atoms with Crippen LogP contribution in [-0.4, -0.2) is 31.5 Å². The Balaban J connectivity index is 1.43. The lowest BCUT2D eigenvalue weighted by atomic mass is 9.83. The van der Waals surface area contributed by atoms with E-state index in [1.807, 2.05) is 25.1 Å². The van der Waals surface area contributed by atoms with Crippen LogP contribution in [0.15, 0.2) is 34.7 Å². The first-order valence-corrected chi connectivity index (χ1v) is 12.2. The Labute approximate surface area is 204 Å². The highest BCUT2D eigenvalue weighted by Gasteiger charge is 2.42. The fourth-order valence-electron chi connectivity index (χ4n) is 5.55. The molecule has 0 bridgehead atoms. The van der Waals surface area contributed by atoms with Crippen LogP contribution in [0, 0.1) is 6.92 Å². The molecule has 35 heavy (non-hydrogen) atoms. The van der Waals surface area contributed by atoms with Gasteiger partial charge in [0.25, 0.3) is 5.91 Å². The lowest BCUT2D eigenvalue weighted by Crippen LogP contribution is -2.41. The predicted molar refractivity (Wildman–Crippen MR) is 132 cm³/mol. The molecule has 0 unspecified atom stereocenters. The molecule has 7 heteroatoms. The largest absolute Gasteiger partial charge is 0.493 e. The van der Waals surface area contributed by atoms with E-state index in [0.717, 1.165) is 31.2 Å². The number of rotatable bonds is 5. The normalized spacial score (nSPS) is 16.9. The average Bonchev–Trinajstić information content (AvgIpc) is 3.04. The van der Waals surface area contributed by atoms with Crippen molar-refractivity contribution >= 4 is 22.7 Å². The van der Waals surface area contributed by atoms with E-state index in [-0.39, 0.29) is 24.0 Å². The topological polar surface area (TPSA) is 87.0 Å². The summed E-state index contributed by atoms with van der Waals surface area (Å²) < 4.78 is 23.2. The number of amides is 1. The summed E-state index contributed by atoms with van der Waals surface area (Å²) in [6.07, 6.45) is 6.72. The second-order valence-corrected chi connectivity index (χ2v) is 9.50. The smallest absolute Gasteiger partial charge is 0.287 e. The number of aryl methyl sites for hydroxylation is 1.